The highest BCUT2D eigenvalue weighted by Crippen LogP contribution is 2.37. The van der Waals surface area contributed by atoms with Gasteiger partial charge in [-0.25, -0.2) is 0 Å². The van der Waals surface area contributed by atoms with Crippen LogP contribution in [0.1, 0.15) is 12.8 Å². The highest BCUT2D eigenvalue weighted by Gasteiger charge is 2.41. The van der Waals surface area contributed by atoms with Crippen LogP contribution in [-0.2, 0) is 0 Å². The molecule has 3 N–H and O–H groups in total. The lowest BCUT2D eigenvalue weighted by atomic mass is 9.90. The van der Waals surface area contributed by atoms with E-state index in [-0.39, 0.29) is 17.9 Å². The second kappa shape index (κ2) is 3.57. The van der Waals surface area contributed by atoms with Gasteiger partial charge in [0.05, 0.1) is 23.8 Å². The molecule has 1 aliphatic heterocycles. The van der Waals surface area contributed by atoms with Gasteiger partial charge in [-0.15, -0.1) is 11.8 Å². The topological polar surface area (TPSA) is 73.1 Å². The number of aliphatic hydroxyl groups excluding tert-OH is 3. The Morgan fingerprint density at radius 3 is 2.85 bits per heavy atom. The fourth-order valence-electron chi connectivity index (χ4n) is 1.86. The Kier molecular flexibility index (Phi) is 2.60. The van der Waals surface area contributed by atoms with Gasteiger partial charge in [-0.05, 0) is 12.8 Å². The van der Waals surface area contributed by atoms with Gasteiger partial charge in [0.15, 0.2) is 0 Å². The minimum absolute atomic E-state index is 0.0551. The first-order valence-electron chi connectivity index (χ1n) is 4.42. The summed E-state index contributed by atoms with van der Waals surface area (Å²) in [7, 11) is 0. The fourth-order valence-corrected chi connectivity index (χ4v) is 3.08. The van der Waals surface area contributed by atoms with E-state index < -0.39 is 12.2 Å². The molecule has 0 bridgehead atoms. The average Bonchev–Trinajstić information content (AvgIpc) is 2.55. The lowest BCUT2D eigenvalue weighted by molar-refractivity contribution is -0.0171. The molecule has 5 heteroatoms. The summed E-state index contributed by atoms with van der Waals surface area (Å²) >= 11 is 1.53. The third-order valence-corrected chi connectivity index (χ3v) is 3.91. The Labute approximate surface area is 80.7 Å². The Morgan fingerprint density at radius 1 is 1.38 bits per heavy atom. The van der Waals surface area contributed by atoms with Crippen LogP contribution in [0.5, 0.6) is 0 Å². The quantitative estimate of drug-likeness (QED) is 0.531. The van der Waals surface area contributed by atoms with E-state index in [0.29, 0.717) is 11.5 Å². The molecule has 0 unspecified atom stereocenters. The van der Waals surface area contributed by atoms with Crippen molar-refractivity contribution in [3.05, 3.63) is 0 Å². The van der Waals surface area contributed by atoms with Crippen LogP contribution in [0.2, 0.25) is 0 Å². The summed E-state index contributed by atoms with van der Waals surface area (Å²) in [6, 6.07) is -0.212. The number of rotatable bonds is 1. The molecule has 4 nitrogen and oxygen atoms in total. The van der Waals surface area contributed by atoms with Crippen LogP contribution in [0, 0.1) is 0 Å². The second-order valence-electron chi connectivity index (χ2n) is 3.46. The highest BCUT2D eigenvalue weighted by atomic mass is 32.2. The molecule has 0 amide bonds. The molecule has 1 aliphatic carbocycles. The van der Waals surface area contributed by atoms with Gasteiger partial charge in [-0.1, -0.05) is 0 Å². The number of aliphatic hydroxyl groups is 3. The Balaban J connectivity index is 2.11. The van der Waals surface area contributed by atoms with Gasteiger partial charge in [0.1, 0.15) is 6.10 Å². The SMILES string of the molecule is OCC1=N[C@H]2[C@H](O)[C@@H](O)CC[C@H]2S1. The Hall–Kier alpha value is -0.100. The number of fused-ring (bicyclic) bond motifs is 1. The monoisotopic (exact) mass is 203 g/mol. The zero-order valence-corrected chi connectivity index (χ0v) is 7.94. The lowest BCUT2D eigenvalue weighted by Crippen LogP contribution is -2.45. The molecule has 0 radical (unpaired) electrons. The fraction of sp³-hybridized carbons (Fsp3) is 0.875. The third-order valence-electron chi connectivity index (χ3n) is 2.59. The van der Waals surface area contributed by atoms with E-state index >= 15 is 0 Å². The molecular weight excluding hydrogens is 190 g/mol. The molecule has 2 aliphatic rings. The molecule has 13 heavy (non-hydrogen) atoms. The maximum absolute atomic E-state index is 9.61. The largest absolute Gasteiger partial charge is 0.390 e. The predicted octanol–water partition coefficient (Wildman–Crippen LogP) is -0.623. The van der Waals surface area contributed by atoms with E-state index in [1.54, 1.807) is 0 Å². The van der Waals surface area contributed by atoms with Crippen molar-refractivity contribution in [1.29, 1.82) is 0 Å². The standard InChI is InChI=1S/C8H13NO3S/c10-3-6-9-7-5(13-6)2-1-4(11)8(7)12/h4-5,7-8,10-12H,1-3H2/t4-,5+,7+,8+/m0/s1. The van der Waals surface area contributed by atoms with Crippen molar-refractivity contribution < 1.29 is 15.3 Å². The molecule has 0 aromatic carbocycles. The van der Waals surface area contributed by atoms with E-state index in [0.717, 1.165) is 6.42 Å². The summed E-state index contributed by atoms with van der Waals surface area (Å²) in [5.74, 6) is 0. The first-order valence-corrected chi connectivity index (χ1v) is 5.30. The van der Waals surface area contributed by atoms with E-state index in [2.05, 4.69) is 4.99 Å². The maximum Gasteiger partial charge on any atom is 0.103 e. The van der Waals surface area contributed by atoms with Crippen LogP contribution in [0.4, 0.5) is 0 Å². The first-order chi connectivity index (χ1) is 6.22. The van der Waals surface area contributed by atoms with Gasteiger partial charge in [-0.3, -0.25) is 4.99 Å². The van der Waals surface area contributed by atoms with E-state index in [9.17, 15) is 10.2 Å². The van der Waals surface area contributed by atoms with Crippen LogP contribution in [-0.4, -0.2) is 50.5 Å². The van der Waals surface area contributed by atoms with Crippen molar-refractivity contribution in [3.8, 4) is 0 Å². The van der Waals surface area contributed by atoms with Crippen molar-refractivity contribution in [2.24, 2.45) is 4.99 Å². The highest BCUT2D eigenvalue weighted by molar-refractivity contribution is 8.14. The molecule has 0 aromatic heterocycles. The van der Waals surface area contributed by atoms with Crippen LogP contribution in [0.15, 0.2) is 4.99 Å². The maximum atomic E-state index is 9.61. The Morgan fingerprint density at radius 2 is 2.15 bits per heavy atom. The van der Waals surface area contributed by atoms with Crippen molar-refractivity contribution in [2.75, 3.05) is 6.61 Å². The zero-order chi connectivity index (χ0) is 9.42. The van der Waals surface area contributed by atoms with E-state index in [1.807, 2.05) is 0 Å². The second-order valence-corrected chi connectivity index (χ2v) is 4.78. The van der Waals surface area contributed by atoms with Crippen molar-refractivity contribution in [2.45, 2.75) is 36.3 Å². The molecule has 1 heterocycles. The van der Waals surface area contributed by atoms with Crippen LogP contribution < -0.4 is 0 Å². The molecule has 0 saturated heterocycles. The minimum Gasteiger partial charge on any atom is -0.390 e. The van der Waals surface area contributed by atoms with Gasteiger partial charge < -0.3 is 15.3 Å². The molecule has 0 aromatic rings. The van der Waals surface area contributed by atoms with Gasteiger partial charge in [0.25, 0.3) is 0 Å². The summed E-state index contributed by atoms with van der Waals surface area (Å²) in [5.41, 5.74) is 0. The summed E-state index contributed by atoms with van der Waals surface area (Å²) in [6.07, 6.45) is 0.0864. The number of thioether (sulfide) groups is 1. The van der Waals surface area contributed by atoms with Gasteiger partial charge in [0, 0.05) is 5.25 Å². The number of nitrogens with zero attached hydrogens (tertiary/aromatic N) is 1. The molecule has 2 rings (SSSR count). The van der Waals surface area contributed by atoms with Crippen molar-refractivity contribution >= 4 is 16.8 Å². The van der Waals surface area contributed by atoms with Gasteiger partial charge >= 0.3 is 0 Å². The number of hydrogen-bond donors (Lipinski definition) is 3. The predicted molar refractivity (Wildman–Crippen MR) is 50.9 cm³/mol. The molecule has 0 spiro atoms. The molecule has 1 saturated carbocycles. The van der Waals surface area contributed by atoms with Crippen LogP contribution in [0.25, 0.3) is 0 Å². The summed E-state index contributed by atoms with van der Waals surface area (Å²) in [6.45, 7) is -0.0551. The Bertz CT molecular complexity index is 233. The van der Waals surface area contributed by atoms with E-state index in [1.165, 1.54) is 11.8 Å². The normalized spacial score (nSPS) is 44.4. The lowest BCUT2D eigenvalue weighted by Gasteiger charge is -2.31. The summed E-state index contributed by atoms with van der Waals surface area (Å²) < 4.78 is 0. The molecular formula is C8H13NO3S. The smallest absolute Gasteiger partial charge is 0.103 e. The summed E-state index contributed by atoms with van der Waals surface area (Å²) in [4.78, 5) is 4.18. The average molecular weight is 203 g/mol. The zero-order valence-electron chi connectivity index (χ0n) is 7.13. The van der Waals surface area contributed by atoms with Gasteiger partial charge in [-0.2, -0.15) is 0 Å². The molecule has 74 valence electrons. The third kappa shape index (κ3) is 1.61. The first kappa shape index (κ1) is 9.45. The summed E-state index contributed by atoms with van der Waals surface area (Å²) in [5, 5.41) is 28.8. The number of hydrogen-bond acceptors (Lipinski definition) is 5. The molecule has 4 atom stereocenters. The van der Waals surface area contributed by atoms with Crippen molar-refractivity contribution in [3.63, 3.8) is 0 Å². The minimum atomic E-state index is -0.754. The van der Waals surface area contributed by atoms with Crippen LogP contribution in [0.3, 0.4) is 0 Å². The molecule has 1 fully saturated rings. The van der Waals surface area contributed by atoms with Crippen LogP contribution >= 0.6 is 11.8 Å². The number of aliphatic imine (C=N–C) groups is 1. The van der Waals surface area contributed by atoms with Crippen molar-refractivity contribution in [1.82, 2.24) is 0 Å². The van der Waals surface area contributed by atoms with E-state index in [4.69, 9.17) is 5.11 Å². The van der Waals surface area contributed by atoms with Gasteiger partial charge in [0.2, 0.25) is 0 Å².